The Labute approximate surface area is 207 Å². The van der Waals surface area contributed by atoms with Crippen molar-refractivity contribution >= 4 is 23.4 Å². The van der Waals surface area contributed by atoms with Crippen molar-refractivity contribution in [1.29, 1.82) is 0 Å². The molecule has 0 saturated heterocycles. The number of nitrogens with zero attached hydrogens (tertiary/aromatic N) is 1. The lowest BCUT2D eigenvalue weighted by atomic mass is 9.97. The summed E-state index contributed by atoms with van der Waals surface area (Å²) in [5, 5.41) is 13.9. The Hall–Kier alpha value is -4.35. The van der Waals surface area contributed by atoms with E-state index in [0.29, 0.717) is 38.9 Å². The molecule has 1 aromatic heterocycles. The number of aromatic nitrogens is 1. The number of anilines is 1. The Morgan fingerprint density at radius 1 is 0.857 bits per heavy atom. The van der Waals surface area contributed by atoms with Crippen LogP contribution in [0.15, 0.2) is 101 Å². The Morgan fingerprint density at radius 3 is 2.37 bits per heavy atom. The quantitative estimate of drug-likeness (QED) is 0.271. The number of aromatic hydroxyl groups is 1. The fraction of sp³-hybridized carbons (Fsp3) is 0.0345. The van der Waals surface area contributed by atoms with Gasteiger partial charge >= 0.3 is 0 Å². The van der Waals surface area contributed by atoms with E-state index in [-0.39, 0.29) is 17.5 Å². The summed E-state index contributed by atoms with van der Waals surface area (Å²) in [6.07, 6.45) is 0. The van der Waals surface area contributed by atoms with E-state index in [4.69, 9.17) is 16.0 Å². The van der Waals surface area contributed by atoms with Crippen LogP contribution in [0.5, 0.6) is 5.75 Å². The fourth-order valence-corrected chi connectivity index (χ4v) is 4.09. The van der Waals surface area contributed by atoms with E-state index in [9.17, 15) is 9.90 Å². The van der Waals surface area contributed by atoms with Crippen LogP contribution in [0.25, 0.3) is 33.8 Å². The van der Waals surface area contributed by atoms with Crippen molar-refractivity contribution in [3.63, 3.8) is 0 Å². The van der Waals surface area contributed by atoms with E-state index in [1.54, 1.807) is 42.5 Å². The molecule has 2 N–H and O–H groups in total. The third-order valence-corrected chi connectivity index (χ3v) is 5.82. The summed E-state index contributed by atoms with van der Waals surface area (Å²) in [5.74, 6) is 0.301. The summed E-state index contributed by atoms with van der Waals surface area (Å²) in [4.78, 5) is 18.1. The molecule has 6 heteroatoms. The predicted molar refractivity (Wildman–Crippen MR) is 139 cm³/mol. The van der Waals surface area contributed by atoms with Gasteiger partial charge in [-0.3, -0.25) is 10.1 Å². The molecule has 0 radical (unpaired) electrons. The standard InChI is InChI=1S/C29H21ClN2O3/c1-18-14-15-23(25(33)16-18)22-12-5-6-13-24(22)27(34)32-29-26(20-10-7-11-21(30)17-20)31-28(35-29)19-8-3-2-4-9-19/h2-17,33H,1H3,(H,32,34). The minimum absolute atomic E-state index is 0.107. The van der Waals surface area contributed by atoms with E-state index < -0.39 is 0 Å². The predicted octanol–water partition coefficient (Wildman–Crippen LogP) is 7.60. The molecule has 1 heterocycles. The normalized spacial score (nSPS) is 10.8. The lowest BCUT2D eigenvalue weighted by Gasteiger charge is -2.12. The molecule has 0 fully saturated rings. The SMILES string of the molecule is Cc1ccc(-c2ccccc2C(=O)Nc2oc(-c3ccccc3)nc2-c2cccc(Cl)c2)c(O)c1. The maximum Gasteiger partial charge on any atom is 0.258 e. The van der Waals surface area contributed by atoms with E-state index >= 15 is 0 Å². The van der Waals surface area contributed by atoms with Gasteiger partial charge in [0.25, 0.3) is 5.91 Å². The monoisotopic (exact) mass is 480 g/mol. The number of oxazole rings is 1. The van der Waals surface area contributed by atoms with Crippen LogP contribution in [-0.2, 0) is 0 Å². The second kappa shape index (κ2) is 9.49. The first-order valence-electron chi connectivity index (χ1n) is 11.0. The summed E-state index contributed by atoms with van der Waals surface area (Å²) < 4.78 is 6.04. The number of benzene rings is 4. The van der Waals surface area contributed by atoms with E-state index in [1.807, 2.05) is 61.5 Å². The topological polar surface area (TPSA) is 75.4 Å². The maximum absolute atomic E-state index is 13.5. The summed E-state index contributed by atoms with van der Waals surface area (Å²) >= 11 is 6.22. The minimum Gasteiger partial charge on any atom is -0.507 e. The van der Waals surface area contributed by atoms with Crippen LogP contribution in [-0.4, -0.2) is 16.0 Å². The van der Waals surface area contributed by atoms with Gasteiger partial charge in [-0.15, -0.1) is 0 Å². The first-order chi connectivity index (χ1) is 17.0. The summed E-state index contributed by atoms with van der Waals surface area (Å²) in [6.45, 7) is 1.90. The van der Waals surface area contributed by atoms with Crippen LogP contribution in [0, 0.1) is 6.92 Å². The highest BCUT2D eigenvalue weighted by molar-refractivity contribution is 6.30. The van der Waals surface area contributed by atoms with Crippen LogP contribution in [0.3, 0.4) is 0 Å². The Balaban J connectivity index is 1.57. The maximum atomic E-state index is 13.5. The van der Waals surface area contributed by atoms with Gasteiger partial charge < -0.3 is 9.52 Å². The van der Waals surface area contributed by atoms with E-state index in [2.05, 4.69) is 10.3 Å². The van der Waals surface area contributed by atoms with Crippen molar-refractivity contribution < 1.29 is 14.3 Å². The Morgan fingerprint density at radius 2 is 1.60 bits per heavy atom. The van der Waals surface area contributed by atoms with Crippen LogP contribution in [0.2, 0.25) is 5.02 Å². The molecule has 0 aliphatic heterocycles. The van der Waals surface area contributed by atoms with E-state index in [1.165, 1.54) is 0 Å². The number of hydrogen-bond acceptors (Lipinski definition) is 4. The molecule has 4 aromatic carbocycles. The van der Waals surface area contributed by atoms with Crippen LogP contribution in [0.1, 0.15) is 15.9 Å². The highest BCUT2D eigenvalue weighted by Gasteiger charge is 2.21. The molecule has 35 heavy (non-hydrogen) atoms. The second-order valence-corrected chi connectivity index (χ2v) is 8.53. The number of phenolic OH excluding ortho intramolecular Hbond substituents is 1. The number of aryl methyl sites for hydroxylation is 1. The molecule has 0 atom stereocenters. The fourth-order valence-electron chi connectivity index (χ4n) is 3.90. The molecular formula is C29H21ClN2O3. The average Bonchev–Trinajstić information content (AvgIpc) is 3.28. The number of nitrogens with one attached hydrogen (secondary N) is 1. The van der Waals surface area contributed by atoms with Crippen LogP contribution < -0.4 is 5.32 Å². The molecule has 0 aliphatic carbocycles. The first-order valence-corrected chi connectivity index (χ1v) is 11.4. The van der Waals surface area contributed by atoms with Gasteiger partial charge in [-0.1, -0.05) is 72.3 Å². The number of hydrogen-bond donors (Lipinski definition) is 2. The molecule has 0 saturated carbocycles. The van der Waals surface area contributed by atoms with Gasteiger partial charge in [-0.25, -0.2) is 4.98 Å². The third-order valence-electron chi connectivity index (χ3n) is 5.59. The third kappa shape index (κ3) is 4.67. The molecule has 0 bridgehead atoms. The lowest BCUT2D eigenvalue weighted by Crippen LogP contribution is -2.13. The van der Waals surface area contributed by atoms with Crippen molar-refractivity contribution in [3.8, 4) is 39.6 Å². The van der Waals surface area contributed by atoms with Crippen molar-refractivity contribution in [1.82, 2.24) is 4.98 Å². The Kier molecular flexibility index (Phi) is 6.08. The molecule has 0 aliphatic rings. The van der Waals surface area contributed by atoms with Crippen molar-refractivity contribution in [2.24, 2.45) is 0 Å². The molecule has 5 aromatic rings. The van der Waals surface area contributed by atoms with Gasteiger partial charge in [0.15, 0.2) is 0 Å². The van der Waals surface area contributed by atoms with Crippen molar-refractivity contribution in [2.75, 3.05) is 5.32 Å². The van der Waals surface area contributed by atoms with Crippen LogP contribution in [0.4, 0.5) is 5.88 Å². The number of halogens is 1. The highest BCUT2D eigenvalue weighted by atomic mass is 35.5. The number of phenols is 1. The molecule has 0 spiro atoms. The summed E-state index contributed by atoms with van der Waals surface area (Å²) in [5.41, 5.74) is 4.45. The molecule has 1 amide bonds. The highest BCUT2D eigenvalue weighted by Crippen LogP contribution is 2.36. The van der Waals surface area contributed by atoms with Gasteiger partial charge in [0.1, 0.15) is 11.4 Å². The van der Waals surface area contributed by atoms with E-state index in [0.717, 1.165) is 11.1 Å². The van der Waals surface area contributed by atoms with Crippen molar-refractivity contribution in [3.05, 3.63) is 113 Å². The molecule has 5 rings (SSSR count). The number of amides is 1. The molecule has 172 valence electrons. The van der Waals surface area contributed by atoms with Gasteiger partial charge in [0.2, 0.25) is 11.8 Å². The largest absolute Gasteiger partial charge is 0.507 e. The number of carbonyl (C=O) groups is 1. The number of carbonyl (C=O) groups excluding carboxylic acids is 1. The minimum atomic E-state index is -0.389. The van der Waals surface area contributed by atoms with Gasteiger partial charge in [0, 0.05) is 27.3 Å². The average molecular weight is 481 g/mol. The number of rotatable bonds is 5. The van der Waals surface area contributed by atoms with Gasteiger partial charge in [-0.05, 0) is 54.4 Å². The Bertz CT molecular complexity index is 1530. The molecule has 5 nitrogen and oxygen atoms in total. The summed E-state index contributed by atoms with van der Waals surface area (Å²) in [7, 11) is 0. The lowest BCUT2D eigenvalue weighted by molar-refractivity contribution is 0.102. The van der Waals surface area contributed by atoms with Crippen LogP contribution >= 0.6 is 11.6 Å². The second-order valence-electron chi connectivity index (χ2n) is 8.09. The first kappa shape index (κ1) is 22.4. The van der Waals surface area contributed by atoms with Crippen molar-refractivity contribution in [2.45, 2.75) is 6.92 Å². The molecular weight excluding hydrogens is 460 g/mol. The zero-order chi connectivity index (χ0) is 24.4. The van der Waals surface area contributed by atoms with Gasteiger partial charge in [0.05, 0.1) is 0 Å². The zero-order valence-corrected chi connectivity index (χ0v) is 19.6. The smallest absolute Gasteiger partial charge is 0.258 e. The zero-order valence-electron chi connectivity index (χ0n) is 18.8. The molecule has 0 unspecified atom stereocenters. The van der Waals surface area contributed by atoms with Gasteiger partial charge in [-0.2, -0.15) is 0 Å². The summed E-state index contributed by atoms with van der Waals surface area (Å²) in [6, 6.07) is 29.1.